The normalized spacial score (nSPS) is 33.2. The lowest BCUT2D eigenvalue weighted by atomic mass is 9.68. The molecule has 0 radical (unpaired) electrons. The Kier molecular flexibility index (Phi) is 2.95. The number of carbonyl (C=O) groups excluding carboxylic acids is 1. The van der Waals surface area contributed by atoms with Crippen LogP contribution in [0, 0.1) is 11.8 Å². The molecule has 4 nitrogen and oxygen atoms in total. The van der Waals surface area contributed by atoms with E-state index >= 15 is 0 Å². The average Bonchev–Trinajstić information content (AvgIpc) is 2.88. The first-order chi connectivity index (χ1) is 11.7. The van der Waals surface area contributed by atoms with Gasteiger partial charge in [-0.05, 0) is 31.4 Å². The number of allylic oxidation sites excluding steroid dienone is 1. The van der Waals surface area contributed by atoms with Crippen molar-refractivity contribution in [2.75, 3.05) is 6.61 Å². The number of hydrogen-bond acceptors (Lipinski definition) is 3. The molecule has 2 saturated heterocycles. The quantitative estimate of drug-likeness (QED) is 0.599. The molecule has 2 aromatic rings. The Hall–Kier alpha value is -2.07. The minimum Gasteiger partial charge on any atom is -0.462 e. The fraction of sp³-hybridized carbons (Fsp3) is 0.450. The Balaban J connectivity index is 1.65. The third-order valence-electron chi connectivity index (χ3n) is 6.31. The van der Waals surface area contributed by atoms with E-state index in [1.54, 1.807) is 0 Å². The van der Waals surface area contributed by atoms with E-state index in [4.69, 9.17) is 4.74 Å². The molecule has 0 unspecified atom stereocenters. The number of carbonyl (C=O) groups is 1. The second-order valence-corrected chi connectivity index (χ2v) is 7.32. The predicted octanol–water partition coefficient (Wildman–Crippen LogP) is 2.87. The van der Waals surface area contributed by atoms with E-state index in [1.807, 2.05) is 13.0 Å². The van der Waals surface area contributed by atoms with Crippen molar-refractivity contribution in [1.29, 1.82) is 0 Å². The van der Waals surface area contributed by atoms with Gasteiger partial charge in [0.1, 0.15) is 0 Å². The Labute approximate surface area is 141 Å². The summed E-state index contributed by atoms with van der Waals surface area (Å²) in [6.45, 7) is 2.50. The van der Waals surface area contributed by atoms with Crippen LogP contribution in [0.4, 0.5) is 0 Å². The van der Waals surface area contributed by atoms with E-state index in [1.165, 1.54) is 22.2 Å². The molecule has 4 atom stereocenters. The minimum absolute atomic E-state index is 0.115. The van der Waals surface area contributed by atoms with Gasteiger partial charge in [-0.1, -0.05) is 24.3 Å². The van der Waals surface area contributed by atoms with Gasteiger partial charge in [0.05, 0.1) is 6.61 Å². The molecular weight excluding hydrogens is 300 g/mol. The lowest BCUT2D eigenvalue weighted by Gasteiger charge is -2.48. The van der Waals surface area contributed by atoms with Crippen molar-refractivity contribution in [2.45, 2.75) is 31.8 Å². The molecule has 3 aliphatic heterocycles. The minimum atomic E-state index is -0.115. The first kappa shape index (κ1) is 14.3. The second kappa shape index (κ2) is 4.96. The van der Waals surface area contributed by atoms with E-state index in [9.17, 15) is 4.79 Å². The van der Waals surface area contributed by atoms with Crippen LogP contribution in [0.1, 0.15) is 30.6 Å². The van der Waals surface area contributed by atoms with E-state index < -0.39 is 0 Å². The van der Waals surface area contributed by atoms with Gasteiger partial charge in [0, 0.05) is 53.1 Å². The van der Waals surface area contributed by atoms with Gasteiger partial charge in [-0.3, -0.25) is 0 Å². The summed E-state index contributed by atoms with van der Waals surface area (Å²) in [5, 5.41) is 5.21. The third kappa shape index (κ3) is 1.75. The standard InChI is InChI=1S/C20H22N2O2/c1-3-11-13-8-17-19-14(12-6-4-5-7-18(12)22(19)2)9-16(21-17)15(13)10-24-20(11)23/h3-7,13,15-17,21H,8-10H2,1-2H3/b11-3+/t13-,15+,16+,17+/m0/s1. The number of fused-ring (bicyclic) bond motifs is 8. The number of nitrogens with one attached hydrogen (secondary N) is 1. The highest BCUT2D eigenvalue weighted by atomic mass is 16.5. The maximum Gasteiger partial charge on any atom is 0.333 e. The van der Waals surface area contributed by atoms with Crippen LogP contribution in [-0.2, 0) is 23.0 Å². The summed E-state index contributed by atoms with van der Waals surface area (Å²) >= 11 is 0. The number of esters is 1. The molecule has 0 aliphatic carbocycles. The highest BCUT2D eigenvalue weighted by molar-refractivity contribution is 5.90. The van der Waals surface area contributed by atoms with Crippen LogP contribution in [0.25, 0.3) is 10.9 Å². The van der Waals surface area contributed by atoms with Crippen molar-refractivity contribution in [3.8, 4) is 0 Å². The van der Waals surface area contributed by atoms with Crippen LogP contribution in [0.15, 0.2) is 35.9 Å². The van der Waals surface area contributed by atoms with E-state index in [-0.39, 0.29) is 5.97 Å². The van der Waals surface area contributed by atoms with Crippen molar-refractivity contribution in [2.24, 2.45) is 18.9 Å². The summed E-state index contributed by atoms with van der Waals surface area (Å²) in [6.07, 6.45) is 3.96. The predicted molar refractivity (Wildman–Crippen MR) is 92.6 cm³/mol. The number of aromatic nitrogens is 1. The Morgan fingerprint density at radius 3 is 3.00 bits per heavy atom. The molecule has 0 amide bonds. The van der Waals surface area contributed by atoms with Gasteiger partial charge >= 0.3 is 5.97 Å². The smallest absolute Gasteiger partial charge is 0.333 e. The van der Waals surface area contributed by atoms with Crippen LogP contribution in [-0.4, -0.2) is 23.2 Å². The van der Waals surface area contributed by atoms with E-state index in [0.717, 1.165) is 18.4 Å². The lowest BCUT2D eigenvalue weighted by Crippen LogP contribution is -2.56. The number of piperidine rings is 1. The molecule has 2 fully saturated rings. The van der Waals surface area contributed by atoms with Crippen LogP contribution < -0.4 is 5.32 Å². The van der Waals surface area contributed by atoms with Crippen LogP contribution in [0.3, 0.4) is 0 Å². The van der Waals surface area contributed by atoms with Crippen LogP contribution in [0.2, 0.25) is 0 Å². The molecule has 0 spiro atoms. The Bertz CT molecular complexity index is 879. The molecule has 4 heterocycles. The molecule has 2 bridgehead atoms. The molecule has 124 valence electrons. The van der Waals surface area contributed by atoms with E-state index in [0.29, 0.717) is 30.5 Å². The number of nitrogens with zero attached hydrogens (tertiary/aromatic N) is 1. The maximum atomic E-state index is 12.1. The monoisotopic (exact) mass is 322 g/mol. The molecule has 3 aliphatic rings. The van der Waals surface area contributed by atoms with Crippen molar-refractivity contribution < 1.29 is 9.53 Å². The zero-order valence-corrected chi connectivity index (χ0v) is 14.1. The molecule has 0 saturated carbocycles. The van der Waals surface area contributed by atoms with Crippen LogP contribution >= 0.6 is 0 Å². The van der Waals surface area contributed by atoms with Gasteiger partial charge in [0.2, 0.25) is 0 Å². The number of cyclic esters (lactones) is 1. The van der Waals surface area contributed by atoms with Gasteiger partial charge in [-0.2, -0.15) is 0 Å². The van der Waals surface area contributed by atoms with Crippen molar-refractivity contribution in [1.82, 2.24) is 9.88 Å². The molecule has 1 N–H and O–H groups in total. The van der Waals surface area contributed by atoms with Crippen molar-refractivity contribution in [3.63, 3.8) is 0 Å². The largest absolute Gasteiger partial charge is 0.462 e. The summed E-state index contributed by atoms with van der Waals surface area (Å²) in [5.74, 6) is 0.590. The third-order valence-corrected chi connectivity index (χ3v) is 6.31. The van der Waals surface area contributed by atoms with Gasteiger partial charge in [-0.15, -0.1) is 0 Å². The molecule has 5 rings (SSSR count). The van der Waals surface area contributed by atoms with E-state index in [2.05, 4.69) is 41.2 Å². The zero-order valence-electron chi connectivity index (χ0n) is 14.1. The fourth-order valence-electron chi connectivity index (χ4n) is 5.26. The number of rotatable bonds is 0. The van der Waals surface area contributed by atoms with Gasteiger partial charge in [-0.25, -0.2) is 4.79 Å². The van der Waals surface area contributed by atoms with Crippen LogP contribution in [0.5, 0.6) is 0 Å². The SMILES string of the molecule is C/C=C1/C(=O)OC[C@H]2[C@H]3Cc4c(n(C)c5ccccc45)[C@@H](C[C@@H]12)N3. The molecular formula is C20H22N2O2. The summed E-state index contributed by atoms with van der Waals surface area (Å²) in [6, 6.07) is 9.38. The van der Waals surface area contributed by atoms with Gasteiger partial charge in [0.25, 0.3) is 0 Å². The molecule has 1 aromatic carbocycles. The molecule has 4 heteroatoms. The summed E-state index contributed by atoms with van der Waals surface area (Å²) < 4.78 is 7.81. The summed E-state index contributed by atoms with van der Waals surface area (Å²) in [7, 11) is 2.17. The first-order valence-corrected chi connectivity index (χ1v) is 8.84. The number of ether oxygens (including phenoxy) is 1. The number of hydrogen-bond donors (Lipinski definition) is 1. The fourth-order valence-corrected chi connectivity index (χ4v) is 5.26. The summed E-state index contributed by atoms with van der Waals surface area (Å²) in [4.78, 5) is 12.1. The highest BCUT2D eigenvalue weighted by Crippen LogP contribution is 2.47. The molecule has 24 heavy (non-hydrogen) atoms. The second-order valence-electron chi connectivity index (χ2n) is 7.32. The molecule has 1 aromatic heterocycles. The maximum absolute atomic E-state index is 12.1. The summed E-state index contributed by atoms with van der Waals surface area (Å²) in [5.41, 5.74) is 5.07. The number of benzene rings is 1. The van der Waals surface area contributed by atoms with Crippen molar-refractivity contribution in [3.05, 3.63) is 47.2 Å². The zero-order chi connectivity index (χ0) is 16.4. The van der Waals surface area contributed by atoms with Gasteiger partial charge in [0.15, 0.2) is 0 Å². The highest BCUT2D eigenvalue weighted by Gasteiger charge is 2.48. The topological polar surface area (TPSA) is 43.3 Å². The average molecular weight is 322 g/mol. The Morgan fingerprint density at radius 2 is 2.17 bits per heavy atom. The first-order valence-electron chi connectivity index (χ1n) is 8.84. The Morgan fingerprint density at radius 1 is 1.33 bits per heavy atom. The van der Waals surface area contributed by atoms with Crippen molar-refractivity contribution >= 4 is 16.9 Å². The number of para-hydroxylation sites is 1. The number of aryl methyl sites for hydroxylation is 1. The lowest BCUT2D eigenvalue weighted by molar-refractivity contribution is -0.147. The van der Waals surface area contributed by atoms with Gasteiger partial charge < -0.3 is 14.6 Å².